The molecule has 0 radical (unpaired) electrons. The molecule has 0 bridgehead atoms. The number of hydrogen-bond donors (Lipinski definition) is 2. The monoisotopic (exact) mass is 471 g/mol. The van der Waals surface area contributed by atoms with Crippen molar-refractivity contribution in [1.82, 2.24) is 29.9 Å². The van der Waals surface area contributed by atoms with E-state index in [0.29, 0.717) is 40.0 Å². The van der Waals surface area contributed by atoms with Gasteiger partial charge in [0.2, 0.25) is 0 Å². The van der Waals surface area contributed by atoms with Gasteiger partial charge in [0.15, 0.2) is 5.82 Å². The molecule has 4 aromatic heterocycles. The van der Waals surface area contributed by atoms with Gasteiger partial charge < -0.3 is 19.6 Å². The molecule has 2 aromatic carbocycles. The lowest BCUT2D eigenvalue weighted by molar-refractivity contribution is 0.393. The SMILES string of the molecule is COc1cc2c(cc1-c1c(C)noc1C)[nH]c1nc(C)nc(Nc3nn(C)c4ccc(F)cc34)c12. The summed E-state index contributed by atoms with van der Waals surface area (Å²) in [5.74, 6) is 2.70. The summed E-state index contributed by atoms with van der Waals surface area (Å²) >= 11 is 0. The van der Waals surface area contributed by atoms with Crippen LogP contribution in [0.2, 0.25) is 0 Å². The summed E-state index contributed by atoms with van der Waals surface area (Å²) in [7, 11) is 3.45. The number of aromatic nitrogens is 6. The minimum absolute atomic E-state index is 0.332. The van der Waals surface area contributed by atoms with Gasteiger partial charge in [-0.2, -0.15) is 5.10 Å². The molecule has 6 rings (SSSR count). The number of nitrogens with one attached hydrogen (secondary N) is 2. The van der Waals surface area contributed by atoms with E-state index in [-0.39, 0.29) is 5.82 Å². The van der Waals surface area contributed by atoms with Crippen molar-refractivity contribution in [2.24, 2.45) is 7.05 Å². The second-order valence-electron chi connectivity index (χ2n) is 8.52. The topological polar surface area (TPSA) is 107 Å². The fourth-order valence-corrected chi connectivity index (χ4v) is 4.70. The van der Waals surface area contributed by atoms with E-state index in [1.165, 1.54) is 12.1 Å². The molecular weight excluding hydrogens is 449 g/mol. The molecule has 0 saturated carbocycles. The maximum Gasteiger partial charge on any atom is 0.161 e. The molecule has 0 atom stereocenters. The van der Waals surface area contributed by atoms with Gasteiger partial charge in [0.25, 0.3) is 0 Å². The van der Waals surface area contributed by atoms with Crippen LogP contribution in [0.3, 0.4) is 0 Å². The first-order valence-electron chi connectivity index (χ1n) is 11.0. The van der Waals surface area contributed by atoms with E-state index in [0.717, 1.165) is 38.6 Å². The molecular formula is C25H22FN7O2. The largest absolute Gasteiger partial charge is 0.496 e. The van der Waals surface area contributed by atoms with Gasteiger partial charge in [-0.1, -0.05) is 5.16 Å². The Bertz CT molecular complexity index is 1760. The number of benzene rings is 2. The number of nitrogens with zero attached hydrogens (tertiary/aromatic N) is 5. The van der Waals surface area contributed by atoms with Gasteiger partial charge in [-0.15, -0.1) is 0 Å². The third-order valence-corrected chi connectivity index (χ3v) is 6.23. The standard InChI is InChI=1S/C25H22FN7O2/c1-11-21(12(2)35-32-11)17-9-18-15(10-20(17)34-5)22-24(29-18)27-13(3)28-25(22)30-23-16-8-14(26)6-7-19(16)33(4)31-23/h6-10H,1-5H3,(H2,27,28,29,30,31). The Hall–Kier alpha value is -4.47. The van der Waals surface area contributed by atoms with Crippen molar-refractivity contribution >= 4 is 44.5 Å². The fraction of sp³-hybridized carbons (Fsp3) is 0.200. The van der Waals surface area contributed by atoms with E-state index in [2.05, 4.69) is 30.5 Å². The van der Waals surface area contributed by atoms with Crippen LogP contribution in [0.4, 0.5) is 16.0 Å². The van der Waals surface area contributed by atoms with Gasteiger partial charge in [0.1, 0.15) is 34.6 Å². The molecule has 0 saturated heterocycles. The minimum Gasteiger partial charge on any atom is -0.496 e. The predicted octanol–water partition coefficient (Wildman–Crippen LogP) is 5.47. The van der Waals surface area contributed by atoms with E-state index >= 15 is 0 Å². The molecule has 0 spiro atoms. The van der Waals surface area contributed by atoms with Crippen LogP contribution < -0.4 is 10.1 Å². The number of H-pyrrole nitrogens is 1. The number of ether oxygens (including phenoxy) is 1. The molecule has 176 valence electrons. The first-order valence-corrected chi connectivity index (χ1v) is 11.0. The summed E-state index contributed by atoms with van der Waals surface area (Å²) in [6.45, 7) is 5.60. The smallest absolute Gasteiger partial charge is 0.161 e. The highest BCUT2D eigenvalue weighted by molar-refractivity contribution is 6.13. The van der Waals surface area contributed by atoms with Gasteiger partial charge in [0.05, 0.1) is 29.3 Å². The van der Waals surface area contributed by atoms with Gasteiger partial charge in [0, 0.05) is 28.9 Å². The van der Waals surface area contributed by atoms with Gasteiger partial charge in [-0.3, -0.25) is 4.68 Å². The molecule has 0 fully saturated rings. The van der Waals surface area contributed by atoms with Crippen molar-refractivity contribution in [3.05, 3.63) is 53.4 Å². The molecule has 9 nitrogen and oxygen atoms in total. The zero-order valence-corrected chi connectivity index (χ0v) is 19.8. The highest BCUT2D eigenvalue weighted by Crippen LogP contribution is 2.41. The Morgan fingerprint density at radius 3 is 2.63 bits per heavy atom. The van der Waals surface area contributed by atoms with E-state index in [4.69, 9.17) is 9.26 Å². The molecule has 0 amide bonds. The first kappa shape index (κ1) is 21.1. The van der Waals surface area contributed by atoms with Crippen molar-refractivity contribution in [2.45, 2.75) is 20.8 Å². The minimum atomic E-state index is -0.332. The van der Waals surface area contributed by atoms with Crippen LogP contribution in [0.5, 0.6) is 5.75 Å². The number of fused-ring (bicyclic) bond motifs is 4. The number of methoxy groups -OCH3 is 1. The summed E-state index contributed by atoms with van der Waals surface area (Å²) in [5.41, 5.74) is 4.87. The molecule has 0 aliphatic rings. The summed E-state index contributed by atoms with van der Waals surface area (Å²) in [6.07, 6.45) is 0. The molecule has 0 unspecified atom stereocenters. The summed E-state index contributed by atoms with van der Waals surface area (Å²) in [4.78, 5) is 12.7. The Kier molecular flexibility index (Phi) is 4.53. The Balaban J connectivity index is 1.59. The number of hydrogen-bond acceptors (Lipinski definition) is 7. The lowest BCUT2D eigenvalue weighted by Crippen LogP contribution is -2.00. The second-order valence-corrected chi connectivity index (χ2v) is 8.52. The average Bonchev–Trinajstić information content (AvgIpc) is 3.44. The van der Waals surface area contributed by atoms with Crippen LogP contribution in [-0.2, 0) is 7.05 Å². The Morgan fingerprint density at radius 2 is 1.89 bits per heavy atom. The maximum atomic E-state index is 14.0. The number of anilines is 2. The third-order valence-electron chi connectivity index (χ3n) is 6.23. The number of rotatable bonds is 4. The quantitative estimate of drug-likeness (QED) is 0.351. The zero-order valence-electron chi connectivity index (χ0n) is 19.8. The molecule has 35 heavy (non-hydrogen) atoms. The second kappa shape index (κ2) is 7.52. The van der Waals surface area contributed by atoms with Crippen molar-refractivity contribution in [1.29, 1.82) is 0 Å². The van der Waals surface area contributed by atoms with Crippen LogP contribution in [0.1, 0.15) is 17.3 Å². The van der Waals surface area contributed by atoms with Crippen molar-refractivity contribution in [3.8, 4) is 16.9 Å². The summed E-state index contributed by atoms with van der Waals surface area (Å²) in [5, 5.41) is 14.3. The average molecular weight is 471 g/mol. The van der Waals surface area contributed by atoms with Crippen molar-refractivity contribution < 1.29 is 13.7 Å². The molecule has 4 heterocycles. The fourth-order valence-electron chi connectivity index (χ4n) is 4.70. The van der Waals surface area contributed by atoms with E-state index in [1.807, 2.05) is 40.0 Å². The van der Waals surface area contributed by atoms with E-state index in [1.54, 1.807) is 17.9 Å². The molecule has 0 aliphatic carbocycles. The van der Waals surface area contributed by atoms with Crippen molar-refractivity contribution in [3.63, 3.8) is 0 Å². The highest BCUT2D eigenvalue weighted by Gasteiger charge is 2.21. The van der Waals surface area contributed by atoms with Gasteiger partial charge in [-0.05, 0) is 51.1 Å². The normalized spacial score (nSPS) is 11.7. The number of aromatic amines is 1. The maximum absolute atomic E-state index is 14.0. The Morgan fingerprint density at radius 1 is 1.06 bits per heavy atom. The number of aryl methyl sites for hydroxylation is 4. The molecule has 2 N–H and O–H groups in total. The van der Waals surface area contributed by atoms with Crippen LogP contribution in [0.15, 0.2) is 34.9 Å². The molecule has 10 heteroatoms. The molecule has 0 aliphatic heterocycles. The number of halogens is 1. The summed E-state index contributed by atoms with van der Waals surface area (Å²) < 4.78 is 26.9. The van der Waals surface area contributed by atoms with Gasteiger partial charge >= 0.3 is 0 Å². The third kappa shape index (κ3) is 3.21. The van der Waals surface area contributed by atoms with E-state index < -0.39 is 0 Å². The lowest BCUT2D eigenvalue weighted by atomic mass is 10.0. The van der Waals surface area contributed by atoms with Crippen LogP contribution in [0, 0.1) is 26.6 Å². The molecule has 6 aromatic rings. The zero-order chi connectivity index (χ0) is 24.4. The van der Waals surface area contributed by atoms with E-state index in [9.17, 15) is 4.39 Å². The lowest BCUT2D eigenvalue weighted by Gasteiger charge is -2.10. The predicted molar refractivity (Wildman–Crippen MR) is 132 cm³/mol. The van der Waals surface area contributed by atoms with Crippen molar-refractivity contribution in [2.75, 3.05) is 12.4 Å². The highest BCUT2D eigenvalue weighted by atomic mass is 19.1. The summed E-state index contributed by atoms with van der Waals surface area (Å²) in [6, 6.07) is 8.55. The first-order chi connectivity index (χ1) is 16.8. The Labute approximate surface area is 198 Å². The van der Waals surface area contributed by atoms with Crippen LogP contribution >= 0.6 is 0 Å². The van der Waals surface area contributed by atoms with Crippen LogP contribution in [0.25, 0.3) is 44.0 Å². The van der Waals surface area contributed by atoms with Gasteiger partial charge in [-0.25, -0.2) is 14.4 Å². The van der Waals surface area contributed by atoms with Crippen LogP contribution in [-0.4, -0.2) is 37.0 Å².